The number of rotatable bonds is 6. The molecule has 0 aromatic heterocycles. The molecule has 0 heterocycles. The number of nitro benzene ring substituents is 1. The Morgan fingerprint density at radius 3 is 2.70 bits per heavy atom. The van der Waals surface area contributed by atoms with E-state index in [4.69, 9.17) is 11.6 Å². The van der Waals surface area contributed by atoms with Crippen molar-refractivity contribution in [3.8, 4) is 0 Å². The third-order valence-electron chi connectivity index (χ3n) is 2.48. The summed E-state index contributed by atoms with van der Waals surface area (Å²) in [6, 6.07) is 3.72. The fourth-order valence-electron chi connectivity index (χ4n) is 1.43. The summed E-state index contributed by atoms with van der Waals surface area (Å²) in [6.07, 6.45) is 0.650. The maximum atomic E-state index is 11.7. The van der Waals surface area contributed by atoms with Gasteiger partial charge in [-0.25, -0.2) is 0 Å². The summed E-state index contributed by atoms with van der Waals surface area (Å²) in [5.74, 6) is -0.760. The molecule has 20 heavy (non-hydrogen) atoms. The minimum Gasteiger partial charge on any atom is -0.469 e. The van der Waals surface area contributed by atoms with Gasteiger partial charge in [-0.2, -0.15) is 0 Å². The summed E-state index contributed by atoms with van der Waals surface area (Å²) in [4.78, 5) is 32.6. The van der Waals surface area contributed by atoms with Crippen molar-refractivity contribution in [2.24, 2.45) is 0 Å². The zero-order valence-electron chi connectivity index (χ0n) is 10.7. The number of halogens is 1. The number of methoxy groups -OCH3 is 1. The van der Waals surface area contributed by atoms with Crippen LogP contribution in [0.15, 0.2) is 18.2 Å². The van der Waals surface area contributed by atoms with Gasteiger partial charge in [-0.3, -0.25) is 19.7 Å². The van der Waals surface area contributed by atoms with Crippen molar-refractivity contribution >= 4 is 29.2 Å². The first-order valence-electron chi connectivity index (χ1n) is 5.74. The van der Waals surface area contributed by atoms with Crippen LogP contribution < -0.4 is 5.32 Å². The van der Waals surface area contributed by atoms with Gasteiger partial charge >= 0.3 is 5.97 Å². The van der Waals surface area contributed by atoms with E-state index in [1.165, 1.54) is 25.3 Å². The smallest absolute Gasteiger partial charge is 0.305 e. The number of carbonyl (C=O) groups excluding carboxylic acids is 2. The number of esters is 1. The maximum Gasteiger partial charge on any atom is 0.305 e. The van der Waals surface area contributed by atoms with Crippen LogP contribution in [0, 0.1) is 10.1 Å². The molecule has 1 N–H and O–H groups in total. The monoisotopic (exact) mass is 300 g/mol. The van der Waals surface area contributed by atoms with E-state index in [-0.39, 0.29) is 28.7 Å². The second kappa shape index (κ2) is 7.44. The van der Waals surface area contributed by atoms with E-state index < -0.39 is 10.8 Å². The van der Waals surface area contributed by atoms with Crippen LogP contribution in [0.1, 0.15) is 23.2 Å². The summed E-state index contributed by atoms with van der Waals surface area (Å²) in [5.41, 5.74) is -0.0347. The molecule has 1 rings (SSSR count). The lowest BCUT2D eigenvalue weighted by Gasteiger charge is -2.05. The highest BCUT2D eigenvalue weighted by Crippen LogP contribution is 2.24. The number of nitrogens with one attached hydrogen (secondary N) is 1. The molecule has 0 radical (unpaired) electrons. The van der Waals surface area contributed by atoms with Crippen LogP contribution in [0.5, 0.6) is 0 Å². The molecule has 1 aromatic carbocycles. The second-order valence-corrected chi connectivity index (χ2v) is 4.27. The van der Waals surface area contributed by atoms with Gasteiger partial charge in [-0.15, -0.1) is 0 Å². The lowest BCUT2D eigenvalue weighted by atomic mass is 10.2. The zero-order valence-corrected chi connectivity index (χ0v) is 11.5. The predicted octanol–water partition coefficient (Wildman–Crippen LogP) is 1.93. The van der Waals surface area contributed by atoms with E-state index in [1.807, 2.05) is 0 Å². The van der Waals surface area contributed by atoms with Crippen LogP contribution in [-0.4, -0.2) is 30.5 Å². The van der Waals surface area contributed by atoms with E-state index >= 15 is 0 Å². The molecule has 0 aliphatic heterocycles. The third-order valence-corrected chi connectivity index (χ3v) is 2.78. The Morgan fingerprint density at radius 2 is 2.15 bits per heavy atom. The molecule has 8 heteroatoms. The molecule has 0 spiro atoms. The summed E-state index contributed by atoms with van der Waals surface area (Å²) < 4.78 is 4.46. The molecule has 0 aliphatic carbocycles. The first kappa shape index (κ1) is 15.9. The molecule has 0 atom stereocenters. The molecule has 0 saturated heterocycles. The van der Waals surface area contributed by atoms with Crippen molar-refractivity contribution in [1.82, 2.24) is 5.32 Å². The Labute approximate surface area is 120 Å². The largest absolute Gasteiger partial charge is 0.469 e. The van der Waals surface area contributed by atoms with E-state index in [0.29, 0.717) is 13.0 Å². The average Bonchev–Trinajstić information content (AvgIpc) is 2.42. The Balaban J connectivity index is 2.54. The highest BCUT2D eigenvalue weighted by molar-refractivity contribution is 6.33. The third kappa shape index (κ3) is 4.51. The molecule has 108 valence electrons. The van der Waals surface area contributed by atoms with Gasteiger partial charge in [0.05, 0.1) is 12.0 Å². The zero-order chi connectivity index (χ0) is 15.1. The summed E-state index contributed by atoms with van der Waals surface area (Å²) in [7, 11) is 1.29. The molecule has 0 saturated carbocycles. The maximum absolute atomic E-state index is 11.7. The number of amides is 1. The topological polar surface area (TPSA) is 98.5 Å². The van der Waals surface area contributed by atoms with Crippen LogP contribution in [0.4, 0.5) is 5.69 Å². The number of nitro groups is 1. The highest BCUT2D eigenvalue weighted by atomic mass is 35.5. The van der Waals surface area contributed by atoms with Gasteiger partial charge in [0, 0.05) is 24.6 Å². The van der Waals surface area contributed by atoms with E-state index in [1.54, 1.807) is 0 Å². The Bertz CT molecular complexity index is 533. The lowest BCUT2D eigenvalue weighted by Crippen LogP contribution is -2.25. The molecule has 7 nitrogen and oxygen atoms in total. The molecule has 0 bridgehead atoms. The molecule has 1 amide bonds. The molecular formula is C12H13ClN2O5. The number of ether oxygens (including phenoxy) is 1. The van der Waals surface area contributed by atoms with E-state index in [2.05, 4.69) is 10.1 Å². The molecule has 0 fully saturated rings. The van der Waals surface area contributed by atoms with Crippen LogP contribution >= 0.6 is 11.6 Å². The van der Waals surface area contributed by atoms with Crippen molar-refractivity contribution in [2.45, 2.75) is 12.8 Å². The minimum atomic E-state index is -0.625. The Hall–Kier alpha value is -2.15. The first-order chi connectivity index (χ1) is 9.45. The fourth-order valence-corrected chi connectivity index (χ4v) is 1.68. The van der Waals surface area contributed by atoms with Gasteiger partial charge in [0.1, 0.15) is 5.02 Å². The number of carbonyl (C=O) groups is 2. The van der Waals surface area contributed by atoms with Crippen molar-refractivity contribution in [3.05, 3.63) is 38.9 Å². The Kier molecular flexibility index (Phi) is 5.92. The van der Waals surface area contributed by atoms with Gasteiger partial charge in [-0.05, 0) is 18.6 Å². The SMILES string of the molecule is COC(=O)CCCNC(=O)c1ccc([N+](=O)[O-])c(Cl)c1. The van der Waals surface area contributed by atoms with Gasteiger partial charge < -0.3 is 10.1 Å². The average molecular weight is 301 g/mol. The molecular weight excluding hydrogens is 288 g/mol. The fraction of sp³-hybridized carbons (Fsp3) is 0.333. The molecule has 1 aromatic rings. The number of hydrogen-bond donors (Lipinski definition) is 1. The van der Waals surface area contributed by atoms with E-state index in [9.17, 15) is 19.7 Å². The number of hydrogen-bond acceptors (Lipinski definition) is 5. The quantitative estimate of drug-likeness (QED) is 0.374. The van der Waals surface area contributed by atoms with Gasteiger partial charge in [0.2, 0.25) is 0 Å². The Morgan fingerprint density at radius 1 is 1.45 bits per heavy atom. The normalized spacial score (nSPS) is 9.90. The van der Waals surface area contributed by atoms with Crippen molar-refractivity contribution in [3.63, 3.8) is 0 Å². The number of nitrogens with zero attached hydrogens (tertiary/aromatic N) is 1. The van der Waals surface area contributed by atoms with Crippen LogP contribution in [0.3, 0.4) is 0 Å². The van der Waals surface area contributed by atoms with E-state index in [0.717, 1.165) is 0 Å². The van der Waals surface area contributed by atoms with Crippen molar-refractivity contribution in [1.29, 1.82) is 0 Å². The summed E-state index contributed by atoms with van der Waals surface area (Å²) in [5, 5.41) is 13.1. The standard InChI is InChI=1S/C12H13ClN2O5/c1-20-11(16)3-2-6-14-12(17)8-4-5-10(15(18)19)9(13)7-8/h4-5,7H,2-3,6H2,1H3,(H,14,17). The first-order valence-corrected chi connectivity index (χ1v) is 6.12. The van der Waals surface area contributed by atoms with Crippen molar-refractivity contribution < 1.29 is 19.2 Å². The van der Waals surface area contributed by atoms with Gasteiger partial charge in [0.25, 0.3) is 11.6 Å². The predicted molar refractivity (Wildman–Crippen MR) is 71.7 cm³/mol. The summed E-state index contributed by atoms with van der Waals surface area (Å²) >= 11 is 5.71. The van der Waals surface area contributed by atoms with Crippen molar-refractivity contribution in [2.75, 3.05) is 13.7 Å². The summed E-state index contributed by atoms with van der Waals surface area (Å²) in [6.45, 7) is 0.294. The molecule has 0 unspecified atom stereocenters. The van der Waals surface area contributed by atoms with Gasteiger partial charge in [-0.1, -0.05) is 11.6 Å². The second-order valence-electron chi connectivity index (χ2n) is 3.86. The van der Waals surface area contributed by atoms with Crippen LogP contribution in [0.2, 0.25) is 5.02 Å². The highest BCUT2D eigenvalue weighted by Gasteiger charge is 2.15. The minimum absolute atomic E-state index is 0.0998. The van der Waals surface area contributed by atoms with Crippen LogP contribution in [-0.2, 0) is 9.53 Å². The lowest BCUT2D eigenvalue weighted by molar-refractivity contribution is -0.384. The van der Waals surface area contributed by atoms with Crippen LogP contribution in [0.25, 0.3) is 0 Å². The number of benzene rings is 1. The van der Waals surface area contributed by atoms with Gasteiger partial charge in [0.15, 0.2) is 0 Å². The molecule has 0 aliphatic rings.